The van der Waals surface area contributed by atoms with Gasteiger partial charge in [0.25, 0.3) is 0 Å². The summed E-state index contributed by atoms with van der Waals surface area (Å²) in [5.41, 5.74) is 1.17. The zero-order valence-corrected chi connectivity index (χ0v) is 15.1. The highest BCUT2D eigenvalue weighted by Gasteiger charge is 2.21. The first-order valence-electron chi connectivity index (χ1n) is 8.83. The van der Waals surface area contributed by atoms with Crippen molar-refractivity contribution in [3.05, 3.63) is 29.8 Å². The predicted octanol–water partition coefficient (Wildman–Crippen LogP) is 2.46. The van der Waals surface area contributed by atoms with Crippen molar-refractivity contribution in [2.45, 2.75) is 51.5 Å². The van der Waals surface area contributed by atoms with E-state index < -0.39 is 6.10 Å². The van der Waals surface area contributed by atoms with Crippen LogP contribution in [0.5, 0.6) is 5.75 Å². The number of methoxy groups -OCH3 is 1. The van der Waals surface area contributed by atoms with E-state index in [0.29, 0.717) is 13.2 Å². The fraction of sp³-hybridized carbons (Fsp3) is 0.684. The van der Waals surface area contributed by atoms with Gasteiger partial charge in [-0.05, 0) is 44.4 Å². The number of benzene rings is 1. The Kier molecular flexibility index (Phi) is 7.99. The summed E-state index contributed by atoms with van der Waals surface area (Å²) in [6.07, 6.45) is 2.10. The molecule has 1 aliphatic heterocycles. The summed E-state index contributed by atoms with van der Waals surface area (Å²) in [6.45, 7) is 7.32. The Morgan fingerprint density at radius 1 is 1.38 bits per heavy atom. The third kappa shape index (κ3) is 6.77. The Balaban J connectivity index is 1.95. The van der Waals surface area contributed by atoms with Gasteiger partial charge in [0, 0.05) is 26.2 Å². The second-order valence-electron chi connectivity index (χ2n) is 6.72. The van der Waals surface area contributed by atoms with Gasteiger partial charge in [0.1, 0.15) is 5.75 Å². The summed E-state index contributed by atoms with van der Waals surface area (Å²) in [5, 5.41) is 10.3. The molecule has 0 radical (unpaired) electrons. The van der Waals surface area contributed by atoms with Gasteiger partial charge in [-0.25, -0.2) is 0 Å². The molecular weight excluding hydrogens is 306 g/mol. The number of hydrogen-bond donors (Lipinski definition) is 1. The third-order valence-corrected chi connectivity index (χ3v) is 4.12. The molecule has 1 N–H and O–H groups in total. The first kappa shape index (κ1) is 19.2. The molecule has 0 amide bonds. The fourth-order valence-electron chi connectivity index (χ4n) is 2.96. The summed E-state index contributed by atoms with van der Waals surface area (Å²) in [6, 6.07) is 8.07. The Hall–Kier alpha value is -1.14. The Morgan fingerprint density at radius 2 is 2.21 bits per heavy atom. The van der Waals surface area contributed by atoms with Gasteiger partial charge in [-0.1, -0.05) is 12.1 Å². The molecule has 1 aliphatic rings. The maximum absolute atomic E-state index is 10.3. The van der Waals surface area contributed by atoms with Crippen molar-refractivity contribution in [2.75, 3.05) is 33.4 Å². The smallest absolute Gasteiger partial charge is 0.119 e. The Labute approximate surface area is 145 Å². The number of rotatable bonds is 10. The maximum Gasteiger partial charge on any atom is 0.119 e. The minimum absolute atomic E-state index is 0.129. The van der Waals surface area contributed by atoms with E-state index in [1.54, 1.807) is 7.11 Å². The van der Waals surface area contributed by atoms with Crippen LogP contribution in [0.25, 0.3) is 0 Å². The van der Waals surface area contributed by atoms with E-state index in [9.17, 15) is 5.11 Å². The van der Waals surface area contributed by atoms with Crippen LogP contribution < -0.4 is 4.74 Å². The highest BCUT2D eigenvalue weighted by atomic mass is 16.5. The molecule has 1 saturated heterocycles. The lowest BCUT2D eigenvalue weighted by atomic mass is 10.1. The molecule has 2 atom stereocenters. The standard InChI is InChI=1S/C19H31NO4/c1-15(2)24-14-17(21)12-20(13-19-8-5-9-23-19)11-16-6-4-7-18(10-16)22-3/h4,6-7,10,15,17,19,21H,5,8-9,11-14H2,1-3H3/t17-,19-/m0/s1. The first-order valence-corrected chi connectivity index (χ1v) is 8.83. The van der Waals surface area contributed by atoms with Crippen molar-refractivity contribution in [3.8, 4) is 5.75 Å². The van der Waals surface area contributed by atoms with Crippen LogP contribution in [0.1, 0.15) is 32.3 Å². The van der Waals surface area contributed by atoms with Gasteiger partial charge in [0.2, 0.25) is 0 Å². The fourth-order valence-corrected chi connectivity index (χ4v) is 2.96. The SMILES string of the molecule is COc1cccc(CN(C[C@H](O)COC(C)C)C[C@@H]2CCCO2)c1. The van der Waals surface area contributed by atoms with E-state index in [0.717, 1.165) is 38.3 Å². The first-order chi connectivity index (χ1) is 11.6. The van der Waals surface area contributed by atoms with Gasteiger partial charge >= 0.3 is 0 Å². The van der Waals surface area contributed by atoms with Crippen LogP contribution >= 0.6 is 0 Å². The summed E-state index contributed by atoms with van der Waals surface area (Å²) in [4.78, 5) is 2.25. The van der Waals surface area contributed by atoms with Gasteiger partial charge in [0.15, 0.2) is 0 Å². The molecule has 0 aliphatic carbocycles. The van der Waals surface area contributed by atoms with E-state index in [4.69, 9.17) is 14.2 Å². The second-order valence-corrected chi connectivity index (χ2v) is 6.72. The normalized spacial score (nSPS) is 19.2. The third-order valence-electron chi connectivity index (χ3n) is 4.12. The summed E-state index contributed by atoms with van der Waals surface area (Å²) < 4.78 is 16.6. The minimum Gasteiger partial charge on any atom is -0.497 e. The predicted molar refractivity (Wildman–Crippen MR) is 94.3 cm³/mol. The molecule has 0 unspecified atom stereocenters. The molecule has 0 spiro atoms. The van der Waals surface area contributed by atoms with Crippen molar-refractivity contribution >= 4 is 0 Å². The van der Waals surface area contributed by atoms with Crippen LogP contribution in [0.2, 0.25) is 0 Å². The highest BCUT2D eigenvalue weighted by molar-refractivity contribution is 5.28. The van der Waals surface area contributed by atoms with Crippen LogP contribution in [-0.2, 0) is 16.0 Å². The van der Waals surface area contributed by atoms with Crippen molar-refractivity contribution < 1.29 is 19.3 Å². The van der Waals surface area contributed by atoms with E-state index in [1.165, 1.54) is 5.56 Å². The highest BCUT2D eigenvalue weighted by Crippen LogP contribution is 2.18. The van der Waals surface area contributed by atoms with Crippen molar-refractivity contribution in [1.82, 2.24) is 4.90 Å². The van der Waals surface area contributed by atoms with Crippen LogP contribution in [0, 0.1) is 0 Å². The van der Waals surface area contributed by atoms with E-state index >= 15 is 0 Å². The van der Waals surface area contributed by atoms with Gasteiger partial charge in [0.05, 0.1) is 32.0 Å². The van der Waals surface area contributed by atoms with E-state index in [-0.39, 0.29) is 12.2 Å². The molecule has 0 bridgehead atoms. The van der Waals surface area contributed by atoms with Gasteiger partial charge < -0.3 is 19.3 Å². The molecule has 5 heteroatoms. The molecular formula is C19H31NO4. The largest absolute Gasteiger partial charge is 0.497 e. The van der Waals surface area contributed by atoms with E-state index in [1.807, 2.05) is 32.0 Å². The average Bonchev–Trinajstić information content (AvgIpc) is 3.06. The Bertz CT molecular complexity index is 474. The molecule has 2 rings (SSSR count). The Morgan fingerprint density at radius 3 is 2.88 bits per heavy atom. The molecule has 0 aromatic heterocycles. The lowest BCUT2D eigenvalue weighted by molar-refractivity contribution is -0.0172. The van der Waals surface area contributed by atoms with Crippen LogP contribution in [0.15, 0.2) is 24.3 Å². The molecule has 1 heterocycles. The van der Waals surface area contributed by atoms with Gasteiger partial charge in [-0.2, -0.15) is 0 Å². The molecule has 136 valence electrons. The van der Waals surface area contributed by atoms with Gasteiger partial charge in [-0.3, -0.25) is 4.90 Å². The zero-order valence-electron chi connectivity index (χ0n) is 15.1. The monoisotopic (exact) mass is 337 g/mol. The molecule has 5 nitrogen and oxygen atoms in total. The summed E-state index contributed by atoms with van der Waals surface area (Å²) in [7, 11) is 1.68. The molecule has 1 aromatic carbocycles. The van der Waals surface area contributed by atoms with Gasteiger partial charge in [-0.15, -0.1) is 0 Å². The van der Waals surface area contributed by atoms with Crippen molar-refractivity contribution in [1.29, 1.82) is 0 Å². The molecule has 1 aromatic rings. The van der Waals surface area contributed by atoms with Crippen molar-refractivity contribution in [2.24, 2.45) is 0 Å². The zero-order chi connectivity index (χ0) is 17.4. The number of hydrogen-bond acceptors (Lipinski definition) is 5. The topological polar surface area (TPSA) is 51.2 Å². The summed E-state index contributed by atoms with van der Waals surface area (Å²) >= 11 is 0. The van der Waals surface area contributed by atoms with Crippen LogP contribution in [0.4, 0.5) is 0 Å². The summed E-state index contributed by atoms with van der Waals surface area (Å²) in [5.74, 6) is 0.855. The van der Waals surface area contributed by atoms with Crippen molar-refractivity contribution in [3.63, 3.8) is 0 Å². The van der Waals surface area contributed by atoms with E-state index in [2.05, 4.69) is 11.0 Å². The molecule has 1 fully saturated rings. The second kappa shape index (κ2) is 9.99. The lowest BCUT2D eigenvalue weighted by Gasteiger charge is -2.28. The molecule has 24 heavy (non-hydrogen) atoms. The molecule has 0 saturated carbocycles. The number of nitrogens with zero attached hydrogens (tertiary/aromatic N) is 1. The maximum atomic E-state index is 10.3. The lowest BCUT2D eigenvalue weighted by Crippen LogP contribution is -2.39. The number of aliphatic hydroxyl groups excluding tert-OH is 1. The quantitative estimate of drug-likeness (QED) is 0.711. The number of aliphatic hydroxyl groups is 1. The number of ether oxygens (including phenoxy) is 3. The minimum atomic E-state index is -0.501. The van der Waals surface area contributed by atoms with Crippen LogP contribution in [-0.4, -0.2) is 61.7 Å². The average molecular weight is 337 g/mol. The van der Waals surface area contributed by atoms with Crippen LogP contribution in [0.3, 0.4) is 0 Å².